The van der Waals surface area contributed by atoms with Crippen LogP contribution >= 0.6 is 0 Å². The summed E-state index contributed by atoms with van der Waals surface area (Å²) in [5.74, 6) is 1.58. The van der Waals surface area contributed by atoms with Crippen molar-refractivity contribution in [2.24, 2.45) is 0 Å². The van der Waals surface area contributed by atoms with Gasteiger partial charge < -0.3 is 24.2 Å². The average molecular weight is 343 g/mol. The van der Waals surface area contributed by atoms with E-state index in [9.17, 15) is 5.11 Å². The number of methoxy groups -OCH3 is 1. The van der Waals surface area contributed by atoms with Gasteiger partial charge in [0.05, 0.1) is 7.11 Å². The summed E-state index contributed by atoms with van der Waals surface area (Å²) in [5, 5.41) is 10.0. The standard InChI is InChI=1S/C20H25NO4/c1-21(2)12-15(22)13-24-18-10-5-4-9-17(18)20-19(25-20)14-7-6-8-16(11-14)23-3/h4-11,15,19-20,22H,12-13H2,1-3H3. The van der Waals surface area contributed by atoms with Crippen LogP contribution in [0.25, 0.3) is 0 Å². The third kappa shape index (κ3) is 4.51. The molecular formula is C20H25NO4. The molecule has 3 atom stereocenters. The fourth-order valence-electron chi connectivity index (χ4n) is 2.93. The highest BCUT2D eigenvalue weighted by Gasteiger charge is 2.43. The Bertz CT molecular complexity index is 704. The summed E-state index contributed by atoms with van der Waals surface area (Å²) < 4.78 is 17.0. The van der Waals surface area contributed by atoms with E-state index in [4.69, 9.17) is 14.2 Å². The van der Waals surface area contributed by atoms with Crippen LogP contribution in [0.15, 0.2) is 48.5 Å². The number of hydrogen-bond donors (Lipinski definition) is 1. The van der Waals surface area contributed by atoms with Crippen LogP contribution < -0.4 is 9.47 Å². The predicted molar refractivity (Wildman–Crippen MR) is 96.1 cm³/mol. The van der Waals surface area contributed by atoms with Gasteiger partial charge in [0.2, 0.25) is 0 Å². The van der Waals surface area contributed by atoms with Crippen LogP contribution in [0.4, 0.5) is 0 Å². The minimum Gasteiger partial charge on any atom is -0.497 e. The lowest BCUT2D eigenvalue weighted by atomic mass is 10.0. The van der Waals surface area contributed by atoms with Gasteiger partial charge >= 0.3 is 0 Å². The van der Waals surface area contributed by atoms with Crippen LogP contribution in [-0.2, 0) is 4.74 Å². The van der Waals surface area contributed by atoms with Crippen molar-refractivity contribution in [3.63, 3.8) is 0 Å². The lowest BCUT2D eigenvalue weighted by molar-refractivity contribution is 0.0825. The Morgan fingerprint density at radius 3 is 2.68 bits per heavy atom. The van der Waals surface area contributed by atoms with Crippen LogP contribution in [-0.4, -0.2) is 50.5 Å². The van der Waals surface area contributed by atoms with Gasteiger partial charge in [0, 0.05) is 12.1 Å². The number of likely N-dealkylation sites (N-methyl/N-ethyl adjacent to an activating group) is 1. The van der Waals surface area contributed by atoms with E-state index in [2.05, 4.69) is 0 Å². The number of aliphatic hydroxyl groups excluding tert-OH is 1. The molecule has 3 rings (SSSR count). The van der Waals surface area contributed by atoms with Crippen molar-refractivity contribution in [1.82, 2.24) is 4.90 Å². The molecule has 0 bridgehead atoms. The maximum Gasteiger partial charge on any atom is 0.125 e. The second-order valence-corrected chi connectivity index (χ2v) is 6.52. The van der Waals surface area contributed by atoms with Crippen molar-refractivity contribution >= 4 is 0 Å². The second-order valence-electron chi connectivity index (χ2n) is 6.52. The third-order valence-corrected chi connectivity index (χ3v) is 4.15. The SMILES string of the molecule is COc1cccc(C2OC2c2ccccc2OCC(O)CN(C)C)c1. The molecule has 3 unspecified atom stereocenters. The first-order valence-electron chi connectivity index (χ1n) is 8.42. The number of benzene rings is 2. The molecule has 0 radical (unpaired) electrons. The van der Waals surface area contributed by atoms with Gasteiger partial charge in [-0.2, -0.15) is 0 Å². The first kappa shape index (κ1) is 17.7. The third-order valence-electron chi connectivity index (χ3n) is 4.15. The molecule has 0 aliphatic carbocycles. The quantitative estimate of drug-likeness (QED) is 0.747. The number of epoxide rings is 1. The van der Waals surface area contributed by atoms with Gasteiger partial charge in [-0.05, 0) is 37.9 Å². The van der Waals surface area contributed by atoms with Crippen molar-refractivity contribution in [2.45, 2.75) is 18.3 Å². The molecule has 2 aromatic rings. The zero-order valence-corrected chi connectivity index (χ0v) is 14.9. The zero-order valence-electron chi connectivity index (χ0n) is 14.9. The topological polar surface area (TPSA) is 54.5 Å². The number of nitrogens with zero attached hydrogens (tertiary/aromatic N) is 1. The lowest BCUT2D eigenvalue weighted by Gasteiger charge is -2.17. The fraction of sp³-hybridized carbons (Fsp3) is 0.400. The maximum absolute atomic E-state index is 10.0. The Balaban J connectivity index is 1.67. The minimum atomic E-state index is -0.530. The summed E-state index contributed by atoms with van der Waals surface area (Å²) >= 11 is 0. The van der Waals surface area contributed by atoms with Gasteiger partial charge in [-0.1, -0.05) is 30.3 Å². The summed E-state index contributed by atoms with van der Waals surface area (Å²) in [6, 6.07) is 15.8. The number of para-hydroxylation sites is 1. The van der Waals surface area contributed by atoms with Gasteiger partial charge in [0.1, 0.15) is 36.4 Å². The van der Waals surface area contributed by atoms with Gasteiger partial charge in [0.15, 0.2) is 0 Å². The lowest BCUT2D eigenvalue weighted by Crippen LogP contribution is -2.30. The molecule has 0 saturated carbocycles. The Hall–Kier alpha value is -2.08. The van der Waals surface area contributed by atoms with Crippen molar-refractivity contribution < 1.29 is 19.3 Å². The summed E-state index contributed by atoms with van der Waals surface area (Å²) in [6.07, 6.45) is -0.557. The van der Waals surface area contributed by atoms with Gasteiger partial charge in [-0.3, -0.25) is 0 Å². The molecular weight excluding hydrogens is 318 g/mol. The van der Waals surface area contributed by atoms with Crippen LogP contribution in [0.5, 0.6) is 11.5 Å². The molecule has 0 aromatic heterocycles. The van der Waals surface area contributed by atoms with E-state index in [0.29, 0.717) is 6.54 Å². The molecule has 134 valence electrons. The normalized spacial score (nSPS) is 20.4. The summed E-state index contributed by atoms with van der Waals surface area (Å²) in [7, 11) is 5.51. The van der Waals surface area contributed by atoms with Gasteiger partial charge in [-0.25, -0.2) is 0 Å². The molecule has 1 aliphatic rings. The largest absolute Gasteiger partial charge is 0.497 e. The molecule has 5 nitrogen and oxygen atoms in total. The molecule has 0 amide bonds. The zero-order chi connectivity index (χ0) is 17.8. The first-order valence-corrected chi connectivity index (χ1v) is 8.42. The van der Waals surface area contributed by atoms with E-state index < -0.39 is 6.10 Å². The summed E-state index contributed by atoms with van der Waals surface area (Å²) in [4.78, 5) is 1.93. The minimum absolute atomic E-state index is 0.00606. The number of hydrogen-bond acceptors (Lipinski definition) is 5. The average Bonchev–Trinajstić information content (AvgIpc) is 3.40. The number of aliphatic hydroxyl groups is 1. The molecule has 2 aromatic carbocycles. The molecule has 1 heterocycles. The van der Waals surface area contributed by atoms with Crippen LogP contribution in [0.1, 0.15) is 23.3 Å². The molecule has 5 heteroatoms. The predicted octanol–water partition coefficient (Wildman–Crippen LogP) is 2.81. The van der Waals surface area contributed by atoms with Crippen LogP contribution in [0.2, 0.25) is 0 Å². The summed E-state index contributed by atoms with van der Waals surface area (Å²) in [6.45, 7) is 0.820. The van der Waals surface area contributed by atoms with Gasteiger partial charge in [-0.15, -0.1) is 0 Å². The number of rotatable bonds is 8. The maximum atomic E-state index is 10.0. The Labute approximate surface area is 148 Å². The molecule has 1 saturated heterocycles. The van der Waals surface area contributed by atoms with Crippen molar-refractivity contribution in [1.29, 1.82) is 0 Å². The first-order chi connectivity index (χ1) is 12.1. The van der Waals surface area contributed by atoms with Crippen molar-refractivity contribution in [3.05, 3.63) is 59.7 Å². The van der Waals surface area contributed by atoms with E-state index in [1.54, 1.807) is 7.11 Å². The molecule has 0 spiro atoms. The monoisotopic (exact) mass is 343 g/mol. The summed E-state index contributed by atoms with van der Waals surface area (Å²) in [5.41, 5.74) is 2.10. The highest BCUT2D eigenvalue weighted by Crippen LogP contribution is 2.53. The Morgan fingerprint density at radius 2 is 1.92 bits per heavy atom. The Kier molecular flexibility index (Phi) is 5.58. The van der Waals surface area contributed by atoms with E-state index in [-0.39, 0.29) is 18.8 Å². The second kappa shape index (κ2) is 7.87. The van der Waals surface area contributed by atoms with Gasteiger partial charge in [0.25, 0.3) is 0 Å². The smallest absolute Gasteiger partial charge is 0.125 e. The number of ether oxygens (including phenoxy) is 3. The highest BCUT2D eigenvalue weighted by atomic mass is 16.6. The Morgan fingerprint density at radius 1 is 1.12 bits per heavy atom. The van der Waals surface area contributed by atoms with E-state index in [0.717, 1.165) is 22.6 Å². The molecule has 1 fully saturated rings. The van der Waals surface area contributed by atoms with E-state index >= 15 is 0 Å². The van der Waals surface area contributed by atoms with E-state index in [1.165, 1.54) is 0 Å². The molecule has 1 N–H and O–H groups in total. The fourth-order valence-corrected chi connectivity index (χ4v) is 2.93. The highest BCUT2D eigenvalue weighted by molar-refractivity contribution is 5.41. The van der Waals surface area contributed by atoms with E-state index in [1.807, 2.05) is 67.5 Å². The van der Waals surface area contributed by atoms with Crippen molar-refractivity contribution in [3.8, 4) is 11.5 Å². The van der Waals surface area contributed by atoms with Crippen LogP contribution in [0.3, 0.4) is 0 Å². The van der Waals surface area contributed by atoms with Crippen molar-refractivity contribution in [2.75, 3.05) is 34.4 Å². The van der Waals surface area contributed by atoms with Crippen LogP contribution in [0, 0.1) is 0 Å². The molecule has 25 heavy (non-hydrogen) atoms. The molecule has 1 aliphatic heterocycles.